The Kier molecular flexibility index (Phi) is 2.72. The van der Waals surface area contributed by atoms with Crippen LogP contribution < -0.4 is 11.2 Å². The second kappa shape index (κ2) is 4.18. The van der Waals surface area contributed by atoms with E-state index in [1.807, 2.05) is 17.8 Å². The summed E-state index contributed by atoms with van der Waals surface area (Å²) in [6.45, 7) is 0.333. The van der Waals surface area contributed by atoms with Crippen LogP contribution in [0.1, 0.15) is 5.82 Å². The fraction of sp³-hybridized carbons (Fsp3) is 0.300. The molecule has 0 unspecified atom stereocenters. The molecule has 16 heavy (non-hydrogen) atoms. The molecule has 0 aliphatic carbocycles. The molecule has 2 heterocycles. The quantitative estimate of drug-likeness (QED) is 0.758. The number of hydrogen-bond donors (Lipinski definition) is 1. The fourth-order valence-electron chi connectivity index (χ4n) is 1.51. The van der Waals surface area contributed by atoms with Crippen LogP contribution in [0.2, 0.25) is 0 Å². The Hall–Kier alpha value is -2.11. The summed E-state index contributed by atoms with van der Waals surface area (Å²) in [5.41, 5.74) is -0.681. The van der Waals surface area contributed by atoms with Gasteiger partial charge in [-0.2, -0.15) is 0 Å². The van der Waals surface area contributed by atoms with Gasteiger partial charge in [0.2, 0.25) is 0 Å². The van der Waals surface area contributed by atoms with Gasteiger partial charge in [-0.25, -0.2) is 9.78 Å². The number of aromatic amines is 1. The molecule has 0 aliphatic rings. The third-order valence-electron chi connectivity index (χ3n) is 2.42. The molecule has 0 saturated heterocycles. The van der Waals surface area contributed by atoms with E-state index in [-0.39, 0.29) is 11.2 Å². The molecular weight excluding hydrogens is 208 g/mol. The molecule has 0 fully saturated rings. The Morgan fingerprint density at radius 2 is 2.25 bits per heavy atom. The highest BCUT2D eigenvalue weighted by molar-refractivity contribution is 4.92. The first-order valence-corrected chi connectivity index (χ1v) is 4.93. The van der Waals surface area contributed by atoms with Gasteiger partial charge in [-0.15, -0.1) is 0 Å². The van der Waals surface area contributed by atoms with Gasteiger partial charge in [-0.3, -0.25) is 9.36 Å². The topological polar surface area (TPSA) is 72.7 Å². The lowest BCUT2D eigenvalue weighted by atomic mass is 10.4. The number of nitrogens with one attached hydrogen (secondary N) is 1. The average molecular weight is 220 g/mol. The normalized spacial score (nSPS) is 10.6. The van der Waals surface area contributed by atoms with E-state index in [1.165, 1.54) is 12.3 Å². The summed E-state index contributed by atoms with van der Waals surface area (Å²) in [7, 11) is 1.88. The van der Waals surface area contributed by atoms with Gasteiger partial charge >= 0.3 is 5.69 Å². The number of rotatable bonds is 3. The Morgan fingerprint density at radius 3 is 2.88 bits per heavy atom. The lowest BCUT2D eigenvalue weighted by Gasteiger charge is -2.03. The van der Waals surface area contributed by atoms with Crippen LogP contribution in [0.25, 0.3) is 0 Å². The van der Waals surface area contributed by atoms with Crippen LogP contribution in [0, 0.1) is 0 Å². The van der Waals surface area contributed by atoms with Crippen molar-refractivity contribution in [2.24, 2.45) is 7.05 Å². The van der Waals surface area contributed by atoms with Gasteiger partial charge in [0.1, 0.15) is 5.82 Å². The summed E-state index contributed by atoms with van der Waals surface area (Å²) in [5, 5.41) is 0. The zero-order valence-electron chi connectivity index (χ0n) is 8.88. The van der Waals surface area contributed by atoms with Crippen LogP contribution in [0.3, 0.4) is 0 Å². The first kappa shape index (κ1) is 10.4. The Labute approximate surface area is 91.2 Å². The Bertz CT molecular complexity index is 565. The van der Waals surface area contributed by atoms with E-state index >= 15 is 0 Å². The molecule has 0 aromatic carbocycles. The third-order valence-corrected chi connectivity index (χ3v) is 2.42. The van der Waals surface area contributed by atoms with E-state index in [9.17, 15) is 9.59 Å². The van der Waals surface area contributed by atoms with E-state index in [4.69, 9.17) is 0 Å². The third kappa shape index (κ3) is 1.95. The van der Waals surface area contributed by atoms with Gasteiger partial charge in [-0.05, 0) is 0 Å². The first-order chi connectivity index (χ1) is 7.68. The minimum absolute atomic E-state index is 0.294. The first-order valence-electron chi connectivity index (χ1n) is 4.93. The van der Waals surface area contributed by atoms with Crippen LogP contribution in [-0.2, 0) is 20.0 Å². The number of hydrogen-bond acceptors (Lipinski definition) is 3. The standard InChI is InChI=1S/C10H12N4O2/c1-13-7-5-11-8(13)3-6-14-9(15)2-4-12-10(14)16/h2,4-5,7H,3,6H2,1H3,(H,12,16). The molecule has 2 aromatic heterocycles. The van der Waals surface area contributed by atoms with Crippen molar-refractivity contribution in [2.75, 3.05) is 0 Å². The molecule has 0 atom stereocenters. The summed E-state index contributed by atoms with van der Waals surface area (Å²) in [6.07, 6.45) is 5.42. The van der Waals surface area contributed by atoms with E-state index in [1.54, 1.807) is 6.20 Å². The predicted molar refractivity (Wildman–Crippen MR) is 58.2 cm³/mol. The van der Waals surface area contributed by atoms with E-state index < -0.39 is 0 Å². The van der Waals surface area contributed by atoms with Gasteiger partial charge in [0.25, 0.3) is 5.56 Å². The maximum Gasteiger partial charge on any atom is 0.328 e. The minimum Gasteiger partial charge on any atom is -0.338 e. The molecule has 0 amide bonds. The second-order valence-electron chi connectivity index (χ2n) is 3.48. The van der Waals surface area contributed by atoms with Gasteiger partial charge in [-0.1, -0.05) is 0 Å². The molecular formula is C10H12N4O2. The molecule has 2 rings (SSSR count). The number of imidazole rings is 1. The van der Waals surface area contributed by atoms with Crippen molar-refractivity contribution in [3.63, 3.8) is 0 Å². The monoisotopic (exact) mass is 220 g/mol. The molecule has 0 radical (unpaired) electrons. The number of aromatic nitrogens is 4. The SMILES string of the molecule is Cn1ccnc1CCn1c(=O)cc[nH]c1=O. The van der Waals surface area contributed by atoms with Crippen molar-refractivity contribution >= 4 is 0 Å². The van der Waals surface area contributed by atoms with E-state index in [0.29, 0.717) is 13.0 Å². The van der Waals surface area contributed by atoms with Gasteiger partial charge in [0, 0.05) is 44.7 Å². The van der Waals surface area contributed by atoms with Crippen molar-refractivity contribution in [1.29, 1.82) is 0 Å². The van der Waals surface area contributed by atoms with Gasteiger partial charge in [0.05, 0.1) is 0 Å². The molecule has 6 heteroatoms. The fourth-order valence-corrected chi connectivity index (χ4v) is 1.51. The number of H-pyrrole nitrogens is 1. The highest BCUT2D eigenvalue weighted by atomic mass is 16.2. The lowest BCUT2D eigenvalue weighted by molar-refractivity contribution is 0.600. The van der Waals surface area contributed by atoms with Crippen LogP contribution in [-0.4, -0.2) is 19.1 Å². The molecule has 6 nitrogen and oxygen atoms in total. The van der Waals surface area contributed by atoms with Crippen molar-refractivity contribution in [1.82, 2.24) is 19.1 Å². The highest BCUT2D eigenvalue weighted by Crippen LogP contribution is 1.95. The van der Waals surface area contributed by atoms with E-state index in [0.717, 1.165) is 10.4 Å². The summed E-state index contributed by atoms with van der Waals surface area (Å²) < 4.78 is 3.02. The van der Waals surface area contributed by atoms with Gasteiger partial charge < -0.3 is 9.55 Å². The van der Waals surface area contributed by atoms with Crippen LogP contribution in [0.15, 0.2) is 34.2 Å². The molecule has 84 valence electrons. The molecule has 0 aliphatic heterocycles. The van der Waals surface area contributed by atoms with Crippen molar-refractivity contribution in [2.45, 2.75) is 13.0 Å². The highest BCUT2D eigenvalue weighted by Gasteiger charge is 2.03. The average Bonchev–Trinajstić information content (AvgIpc) is 2.64. The molecule has 0 saturated carbocycles. The van der Waals surface area contributed by atoms with Crippen LogP contribution >= 0.6 is 0 Å². The Morgan fingerprint density at radius 1 is 1.44 bits per heavy atom. The molecule has 0 bridgehead atoms. The van der Waals surface area contributed by atoms with Crippen LogP contribution in [0.5, 0.6) is 0 Å². The van der Waals surface area contributed by atoms with E-state index in [2.05, 4.69) is 9.97 Å². The minimum atomic E-state index is -0.387. The molecule has 2 aromatic rings. The lowest BCUT2D eigenvalue weighted by Crippen LogP contribution is -2.34. The summed E-state index contributed by atoms with van der Waals surface area (Å²) in [6, 6.07) is 1.33. The van der Waals surface area contributed by atoms with Crippen molar-refractivity contribution in [3.8, 4) is 0 Å². The Balaban J connectivity index is 2.20. The number of nitrogens with zero attached hydrogens (tertiary/aromatic N) is 3. The summed E-state index contributed by atoms with van der Waals surface area (Å²) in [4.78, 5) is 29.4. The zero-order valence-corrected chi connectivity index (χ0v) is 8.88. The maximum atomic E-state index is 11.4. The number of aryl methyl sites for hydroxylation is 2. The molecule has 1 N–H and O–H groups in total. The largest absolute Gasteiger partial charge is 0.338 e. The maximum absolute atomic E-state index is 11.4. The predicted octanol–water partition coefficient (Wildman–Crippen LogP) is -0.487. The smallest absolute Gasteiger partial charge is 0.328 e. The van der Waals surface area contributed by atoms with Crippen LogP contribution in [0.4, 0.5) is 0 Å². The molecule has 0 spiro atoms. The van der Waals surface area contributed by atoms with Crippen molar-refractivity contribution < 1.29 is 0 Å². The second-order valence-corrected chi connectivity index (χ2v) is 3.48. The van der Waals surface area contributed by atoms with Crippen molar-refractivity contribution in [3.05, 3.63) is 51.3 Å². The zero-order chi connectivity index (χ0) is 11.5. The summed E-state index contributed by atoms with van der Waals surface area (Å²) >= 11 is 0. The van der Waals surface area contributed by atoms with Gasteiger partial charge in [0.15, 0.2) is 0 Å². The summed E-state index contributed by atoms with van der Waals surface area (Å²) in [5.74, 6) is 0.843.